The summed E-state index contributed by atoms with van der Waals surface area (Å²) < 4.78 is 7.10. The van der Waals surface area contributed by atoms with Crippen molar-refractivity contribution in [3.8, 4) is 0 Å². The summed E-state index contributed by atoms with van der Waals surface area (Å²) in [7, 11) is 1.38. The number of carbonyl (C=O) groups excluding carboxylic acids is 1. The van der Waals surface area contributed by atoms with Crippen molar-refractivity contribution in [1.29, 1.82) is 0 Å². The molecule has 0 spiro atoms. The van der Waals surface area contributed by atoms with E-state index in [0.717, 1.165) is 6.54 Å². The van der Waals surface area contributed by atoms with E-state index in [1.807, 2.05) is 0 Å². The first-order valence-corrected chi connectivity index (χ1v) is 5.31. The molecule has 76 valence electrons. The third-order valence-corrected chi connectivity index (χ3v) is 2.88. The molecule has 0 unspecified atom stereocenters. The highest BCUT2D eigenvalue weighted by molar-refractivity contribution is 9.10. The number of hydrogen-bond acceptors (Lipinski definition) is 3. The quantitative estimate of drug-likeness (QED) is 0.778. The van der Waals surface area contributed by atoms with Gasteiger partial charge in [-0.3, -0.25) is 4.68 Å². The van der Waals surface area contributed by atoms with Crippen LogP contribution in [0.25, 0.3) is 0 Å². The summed E-state index contributed by atoms with van der Waals surface area (Å²) in [5, 5.41) is 4.13. The Kier molecular flexibility index (Phi) is 2.58. The van der Waals surface area contributed by atoms with E-state index in [1.54, 1.807) is 10.9 Å². The average molecular weight is 259 g/mol. The molecule has 1 aliphatic rings. The lowest BCUT2D eigenvalue weighted by atomic mass is 10.4. The van der Waals surface area contributed by atoms with Crippen LogP contribution < -0.4 is 0 Å². The van der Waals surface area contributed by atoms with E-state index >= 15 is 0 Å². The van der Waals surface area contributed by atoms with E-state index < -0.39 is 0 Å². The molecule has 2 rings (SSSR count). The van der Waals surface area contributed by atoms with Crippen LogP contribution in [-0.4, -0.2) is 22.9 Å². The Morgan fingerprint density at radius 1 is 1.79 bits per heavy atom. The van der Waals surface area contributed by atoms with Crippen molar-refractivity contribution in [2.24, 2.45) is 5.92 Å². The molecule has 0 aliphatic heterocycles. The molecule has 14 heavy (non-hydrogen) atoms. The normalized spacial score (nSPS) is 15.6. The van der Waals surface area contributed by atoms with Crippen LogP contribution in [0.2, 0.25) is 0 Å². The van der Waals surface area contributed by atoms with Gasteiger partial charge in [-0.2, -0.15) is 5.10 Å². The van der Waals surface area contributed by atoms with E-state index in [-0.39, 0.29) is 5.97 Å². The number of halogens is 1. The number of hydrogen-bond donors (Lipinski definition) is 0. The Balaban J connectivity index is 2.24. The molecule has 0 N–H and O–H groups in total. The zero-order valence-electron chi connectivity index (χ0n) is 7.86. The Morgan fingerprint density at radius 2 is 2.50 bits per heavy atom. The summed E-state index contributed by atoms with van der Waals surface area (Å²) in [4.78, 5) is 11.4. The van der Waals surface area contributed by atoms with Crippen LogP contribution in [0.15, 0.2) is 10.7 Å². The zero-order chi connectivity index (χ0) is 10.1. The van der Waals surface area contributed by atoms with Gasteiger partial charge in [-0.05, 0) is 34.7 Å². The maximum absolute atomic E-state index is 11.4. The first-order valence-electron chi connectivity index (χ1n) is 4.52. The summed E-state index contributed by atoms with van der Waals surface area (Å²) in [6, 6.07) is 0. The highest BCUT2D eigenvalue weighted by Crippen LogP contribution is 2.31. The van der Waals surface area contributed by atoms with E-state index in [0.29, 0.717) is 16.1 Å². The van der Waals surface area contributed by atoms with Crippen molar-refractivity contribution in [3.05, 3.63) is 16.4 Å². The van der Waals surface area contributed by atoms with Crippen LogP contribution in [0, 0.1) is 5.92 Å². The van der Waals surface area contributed by atoms with Gasteiger partial charge in [0.2, 0.25) is 0 Å². The minimum absolute atomic E-state index is 0.338. The average Bonchev–Trinajstić information content (AvgIpc) is 2.90. The summed E-state index contributed by atoms with van der Waals surface area (Å²) in [5.41, 5.74) is 0.513. The molecule has 1 heterocycles. The molecule has 1 fully saturated rings. The fourth-order valence-corrected chi connectivity index (χ4v) is 1.80. The lowest BCUT2D eigenvalue weighted by Gasteiger charge is -2.04. The van der Waals surface area contributed by atoms with Gasteiger partial charge in [0.05, 0.1) is 17.8 Å². The molecule has 1 aromatic rings. The Hall–Kier alpha value is -0.840. The minimum Gasteiger partial charge on any atom is -0.464 e. The Bertz CT molecular complexity index is 358. The van der Waals surface area contributed by atoms with Crippen molar-refractivity contribution in [2.45, 2.75) is 19.4 Å². The van der Waals surface area contributed by atoms with Gasteiger partial charge in [-0.1, -0.05) is 0 Å². The Morgan fingerprint density at radius 3 is 3.07 bits per heavy atom. The van der Waals surface area contributed by atoms with Crippen LogP contribution in [0.3, 0.4) is 0 Å². The molecule has 0 bridgehead atoms. The van der Waals surface area contributed by atoms with E-state index in [4.69, 9.17) is 0 Å². The number of ether oxygens (including phenoxy) is 1. The summed E-state index contributed by atoms with van der Waals surface area (Å²) in [6.07, 6.45) is 4.10. The van der Waals surface area contributed by atoms with Crippen molar-refractivity contribution in [1.82, 2.24) is 9.78 Å². The molecule has 1 aromatic heterocycles. The molecule has 0 amide bonds. The molecule has 0 atom stereocenters. The standard InChI is InChI=1S/C9H11BrN2O2/c1-14-9(13)8-7(10)4-11-12(8)5-6-2-3-6/h4,6H,2-3,5H2,1H3. The van der Waals surface area contributed by atoms with Crippen LogP contribution >= 0.6 is 15.9 Å². The van der Waals surface area contributed by atoms with Crippen molar-refractivity contribution < 1.29 is 9.53 Å². The van der Waals surface area contributed by atoms with Gasteiger partial charge in [-0.25, -0.2) is 4.79 Å². The lowest BCUT2D eigenvalue weighted by Crippen LogP contribution is -2.13. The maximum Gasteiger partial charge on any atom is 0.357 e. The zero-order valence-corrected chi connectivity index (χ0v) is 9.45. The maximum atomic E-state index is 11.4. The fraction of sp³-hybridized carbons (Fsp3) is 0.556. The highest BCUT2D eigenvalue weighted by atomic mass is 79.9. The number of esters is 1. The van der Waals surface area contributed by atoms with Gasteiger partial charge in [0.25, 0.3) is 0 Å². The lowest BCUT2D eigenvalue weighted by molar-refractivity contribution is 0.0585. The molecule has 0 aromatic carbocycles. The predicted molar refractivity (Wildman–Crippen MR) is 54.0 cm³/mol. The highest BCUT2D eigenvalue weighted by Gasteiger charge is 2.26. The first kappa shape index (κ1) is 9.71. The molecule has 5 heteroatoms. The van der Waals surface area contributed by atoms with E-state index in [2.05, 4.69) is 25.8 Å². The molecule has 0 saturated heterocycles. The summed E-state index contributed by atoms with van der Waals surface area (Å²) >= 11 is 3.28. The summed E-state index contributed by atoms with van der Waals surface area (Å²) in [6.45, 7) is 0.816. The van der Waals surface area contributed by atoms with E-state index in [9.17, 15) is 4.79 Å². The van der Waals surface area contributed by atoms with Gasteiger partial charge >= 0.3 is 5.97 Å². The molecular formula is C9H11BrN2O2. The van der Waals surface area contributed by atoms with Crippen LogP contribution in [0.4, 0.5) is 0 Å². The van der Waals surface area contributed by atoms with Crippen molar-refractivity contribution in [3.63, 3.8) is 0 Å². The van der Waals surface area contributed by atoms with Gasteiger partial charge in [0.1, 0.15) is 0 Å². The minimum atomic E-state index is -0.338. The number of aromatic nitrogens is 2. The van der Waals surface area contributed by atoms with Gasteiger partial charge < -0.3 is 4.74 Å². The molecule has 0 radical (unpaired) electrons. The molecule has 4 nitrogen and oxygen atoms in total. The third kappa shape index (κ3) is 1.82. The third-order valence-electron chi connectivity index (χ3n) is 2.30. The van der Waals surface area contributed by atoms with Crippen molar-refractivity contribution in [2.75, 3.05) is 7.11 Å². The van der Waals surface area contributed by atoms with Gasteiger partial charge in [0, 0.05) is 6.54 Å². The first-order chi connectivity index (χ1) is 6.72. The van der Waals surface area contributed by atoms with Crippen LogP contribution in [0.5, 0.6) is 0 Å². The van der Waals surface area contributed by atoms with Gasteiger partial charge in [-0.15, -0.1) is 0 Å². The predicted octanol–water partition coefficient (Wildman–Crippen LogP) is 1.84. The fourth-order valence-electron chi connectivity index (χ4n) is 1.35. The number of nitrogens with zero attached hydrogens (tertiary/aromatic N) is 2. The smallest absolute Gasteiger partial charge is 0.357 e. The number of carbonyl (C=O) groups is 1. The molecule has 1 aliphatic carbocycles. The van der Waals surface area contributed by atoms with Crippen LogP contribution in [-0.2, 0) is 11.3 Å². The van der Waals surface area contributed by atoms with Crippen molar-refractivity contribution >= 4 is 21.9 Å². The Labute approximate surface area is 90.4 Å². The molecular weight excluding hydrogens is 248 g/mol. The second kappa shape index (κ2) is 3.73. The number of methoxy groups -OCH3 is 1. The second-order valence-corrected chi connectivity index (χ2v) is 4.31. The summed E-state index contributed by atoms with van der Waals surface area (Å²) in [5.74, 6) is 0.347. The molecule has 1 saturated carbocycles. The monoisotopic (exact) mass is 258 g/mol. The number of rotatable bonds is 3. The SMILES string of the molecule is COC(=O)c1c(Br)cnn1CC1CC1. The topological polar surface area (TPSA) is 44.1 Å². The largest absolute Gasteiger partial charge is 0.464 e. The van der Waals surface area contributed by atoms with Crippen LogP contribution in [0.1, 0.15) is 23.3 Å². The second-order valence-electron chi connectivity index (χ2n) is 3.46. The van der Waals surface area contributed by atoms with E-state index in [1.165, 1.54) is 20.0 Å². The van der Waals surface area contributed by atoms with Gasteiger partial charge in [0.15, 0.2) is 5.69 Å².